The highest BCUT2D eigenvalue weighted by Gasteiger charge is 2.41. The van der Waals surface area contributed by atoms with Crippen LogP contribution in [0.2, 0.25) is 0 Å². The number of aliphatic hydroxyl groups is 3. The summed E-state index contributed by atoms with van der Waals surface area (Å²) in [7, 11) is 0. The minimum absolute atomic E-state index is 0.0481. The van der Waals surface area contributed by atoms with E-state index in [2.05, 4.69) is 6.92 Å². The summed E-state index contributed by atoms with van der Waals surface area (Å²) in [6.45, 7) is 2.09. The van der Waals surface area contributed by atoms with Crippen molar-refractivity contribution in [2.45, 2.75) is 76.6 Å². The average Bonchev–Trinajstić information content (AvgIpc) is 2.77. The van der Waals surface area contributed by atoms with Gasteiger partial charge >= 0.3 is 5.97 Å². The third-order valence-electron chi connectivity index (χ3n) is 4.66. The van der Waals surface area contributed by atoms with Crippen LogP contribution in [-0.2, 0) is 9.59 Å². The molecular formula is C18H30O6. The van der Waals surface area contributed by atoms with Crippen LogP contribution in [0.25, 0.3) is 0 Å². The summed E-state index contributed by atoms with van der Waals surface area (Å²) in [6, 6.07) is 0. The first-order chi connectivity index (χ1) is 11.3. The highest BCUT2D eigenvalue weighted by Crippen LogP contribution is 2.36. The van der Waals surface area contributed by atoms with Gasteiger partial charge in [0.2, 0.25) is 0 Å². The Bertz CT molecular complexity index is 433. The summed E-state index contributed by atoms with van der Waals surface area (Å²) in [6.07, 6.45) is 4.86. The van der Waals surface area contributed by atoms with Crippen molar-refractivity contribution in [1.29, 1.82) is 0 Å². The minimum atomic E-state index is -1.03. The van der Waals surface area contributed by atoms with Crippen LogP contribution in [0.4, 0.5) is 0 Å². The molecule has 0 bridgehead atoms. The van der Waals surface area contributed by atoms with E-state index in [0.717, 1.165) is 19.3 Å². The molecule has 1 saturated carbocycles. The minimum Gasteiger partial charge on any atom is -0.481 e. The van der Waals surface area contributed by atoms with E-state index in [0.29, 0.717) is 6.42 Å². The molecule has 0 saturated heterocycles. The molecule has 0 amide bonds. The van der Waals surface area contributed by atoms with Gasteiger partial charge in [-0.05, 0) is 6.42 Å². The summed E-state index contributed by atoms with van der Waals surface area (Å²) in [5.41, 5.74) is 0. The predicted molar refractivity (Wildman–Crippen MR) is 89.4 cm³/mol. The molecule has 1 aliphatic rings. The number of unbranched alkanes of at least 4 members (excludes halogenated alkanes) is 2. The molecule has 138 valence electrons. The van der Waals surface area contributed by atoms with Gasteiger partial charge in [-0.25, -0.2) is 0 Å². The molecule has 1 rings (SSSR count). The summed E-state index contributed by atoms with van der Waals surface area (Å²) < 4.78 is 0. The van der Waals surface area contributed by atoms with Crippen molar-refractivity contribution in [3.05, 3.63) is 12.2 Å². The molecule has 0 radical (unpaired) electrons. The summed E-state index contributed by atoms with van der Waals surface area (Å²) in [5, 5.41) is 38.7. The molecule has 4 N–H and O–H groups in total. The molecule has 0 spiro atoms. The van der Waals surface area contributed by atoms with Crippen LogP contribution in [-0.4, -0.2) is 50.5 Å². The van der Waals surface area contributed by atoms with Gasteiger partial charge in [0, 0.05) is 31.1 Å². The Kier molecular flexibility index (Phi) is 9.18. The fraction of sp³-hybridized carbons (Fsp3) is 0.778. The van der Waals surface area contributed by atoms with Crippen molar-refractivity contribution in [1.82, 2.24) is 0 Å². The number of carbonyl (C=O) groups is 2. The second-order valence-corrected chi connectivity index (χ2v) is 6.70. The number of rotatable bonds is 11. The summed E-state index contributed by atoms with van der Waals surface area (Å²) in [5.74, 6) is -2.07. The molecule has 1 aliphatic carbocycles. The van der Waals surface area contributed by atoms with Crippen LogP contribution >= 0.6 is 0 Å². The number of Topliss-reactive ketones (excluding diaryl/α,β-unsaturated/α-hetero) is 1. The van der Waals surface area contributed by atoms with Crippen molar-refractivity contribution in [2.24, 2.45) is 11.8 Å². The van der Waals surface area contributed by atoms with Gasteiger partial charge in [-0.3, -0.25) is 9.59 Å². The number of ketones is 1. The molecule has 5 atom stereocenters. The predicted octanol–water partition coefficient (Wildman–Crippen LogP) is 1.67. The van der Waals surface area contributed by atoms with Gasteiger partial charge in [-0.1, -0.05) is 38.3 Å². The highest BCUT2D eigenvalue weighted by molar-refractivity contribution is 5.82. The van der Waals surface area contributed by atoms with Gasteiger partial charge in [-0.15, -0.1) is 0 Å². The number of carbonyl (C=O) groups excluding carboxylic acids is 1. The van der Waals surface area contributed by atoms with E-state index >= 15 is 0 Å². The quantitative estimate of drug-likeness (QED) is 0.335. The SMILES string of the molecule is CCCCC[C@@H](O)/C=C/[C@H]1[C@H](CC(=O)CCC(=O)O)[C@H](O)C[C@@H]1O. The molecule has 0 heterocycles. The van der Waals surface area contributed by atoms with E-state index in [9.17, 15) is 24.9 Å². The molecule has 24 heavy (non-hydrogen) atoms. The Hall–Kier alpha value is -1.24. The Morgan fingerprint density at radius 2 is 1.88 bits per heavy atom. The fourth-order valence-corrected chi connectivity index (χ4v) is 3.23. The zero-order valence-corrected chi connectivity index (χ0v) is 14.3. The van der Waals surface area contributed by atoms with Crippen molar-refractivity contribution >= 4 is 11.8 Å². The lowest BCUT2D eigenvalue weighted by molar-refractivity contribution is -0.138. The van der Waals surface area contributed by atoms with Gasteiger partial charge in [0.15, 0.2) is 0 Å². The maximum atomic E-state index is 11.9. The Morgan fingerprint density at radius 3 is 2.50 bits per heavy atom. The lowest BCUT2D eigenvalue weighted by atomic mass is 9.87. The number of hydrogen-bond donors (Lipinski definition) is 4. The van der Waals surface area contributed by atoms with Crippen LogP contribution in [0.5, 0.6) is 0 Å². The zero-order chi connectivity index (χ0) is 18.1. The van der Waals surface area contributed by atoms with Gasteiger partial charge in [0.05, 0.1) is 24.7 Å². The first-order valence-corrected chi connectivity index (χ1v) is 8.81. The van der Waals surface area contributed by atoms with Gasteiger partial charge < -0.3 is 20.4 Å². The average molecular weight is 342 g/mol. The lowest BCUT2D eigenvalue weighted by Gasteiger charge is -2.20. The zero-order valence-electron chi connectivity index (χ0n) is 14.3. The standard InChI is InChI=1S/C18H30O6/c1-2-3-4-5-12(19)6-8-14-15(17(22)11-16(14)21)10-13(20)7-9-18(23)24/h6,8,12,14-17,19,21-22H,2-5,7,9-11H2,1H3,(H,23,24)/b8-6+/t12-,14+,15+,16+,17-/m1/s1. The van der Waals surface area contributed by atoms with E-state index in [4.69, 9.17) is 5.11 Å². The Morgan fingerprint density at radius 1 is 1.17 bits per heavy atom. The van der Waals surface area contributed by atoms with Gasteiger partial charge in [0.1, 0.15) is 5.78 Å². The second-order valence-electron chi connectivity index (χ2n) is 6.70. The van der Waals surface area contributed by atoms with E-state index in [1.165, 1.54) is 0 Å². The normalized spacial score (nSPS) is 28.3. The maximum Gasteiger partial charge on any atom is 0.303 e. The third kappa shape index (κ3) is 7.11. The van der Waals surface area contributed by atoms with Crippen LogP contribution in [0, 0.1) is 11.8 Å². The second kappa shape index (κ2) is 10.6. The Balaban J connectivity index is 2.58. The molecule has 6 heteroatoms. The van der Waals surface area contributed by atoms with Gasteiger partial charge in [-0.2, -0.15) is 0 Å². The largest absolute Gasteiger partial charge is 0.481 e. The molecular weight excluding hydrogens is 312 g/mol. The van der Waals surface area contributed by atoms with E-state index in [1.807, 2.05) is 0 Å². The molecule has 0 unspecified atom stereocenters. The first kappa shape index (κ1) is 20.8. The van der Waals surface area contributed by atoms with Crippen molar-refractivity contribution in [3.8, 4) is 0 Å². The molecule has 0 aromatic carbocycles. The molecule has 1 fully saturated rings. The van der Waals surface area contributed by atoms with Crippen molar-refractivity contribution < 1.29 is 30.0 Å². The molecule has 0 aromatic heterocycles. The highest BCUT2D eigenvalue weighted by atomic mass is 16.4. The molecule has 0 aliphatic heterocycles. The van der Waals surface area contributed by atoms with Crippen LogP contribution in [0.3, 0.4) is 0 Å². The van der Waals surface area contributed by atoms with Crippen LogP contribution in [0.15, 0.2) is 12.2 Å². The van der Waals surface area contributed by atoms with Gasteiger partial charge in [0.25, 0.3) is 0 Å². The summed E-state index contributed by atoms with van der Waals surface area (Å²) >= 11 is 0. The van der Waals surface area contributed by atoms with Crippen LogP contribution < -0.4 is 0 Å². The van der Waals surface area contributed by atoms with Crippen molar-refractivity contribution in [2.75, 3.05) is 0 Å². The lowest BCUT2D eigenvalue weighted by Crippen LogP contribution is -2.24. The monoisotopic (exact) mass is 342 g/mol. The first-order valence-electron chi connectivity index (χ1n) is 8.81. The molecule has 6 nitrogen and oxygen atoms in total. The number of carboxylic acids is 1. The van der Waals surface area contributed by atoms with Crippen LogP contribution in [0.1, 0.15) is 58.3 Å². The number of aliphatic hydroxyl groups excluding tert-OH is 3. The fourth-order valence-electron chi connectivity index (χ4n) is 3.23. The molecule has 0 aromatic rings. The van der Waals surface area contributed by atoms with Crippen molar-refractivity contribution in [3.63, 3.8) is 0 Å². The summed E-state index contributed by atoms with van der Waals surface area (Å²) in [4.78, 5) is 22.4. The number of aliphatic carboxylic acids is 1. The Labute approximate surface area is 143 Å². The third-order valence-corrected chi connectivity index (χ3v) is 4.66. The van der Waals surface area contributed by atoms with E-state index in [1.54, 1.807) is 12.2 Å². The van der Waals surface area contributed by atoms with E-state index in [-0.39, 0.29) is 31.5 Å². The topological polar surface area (TPSA) is 115 Å². The smallest absolute Gasteiger partial charge is 0.303 e. The van der Waals surface area contributed by atoms with E-state index < -0.39 is 36.1 Å². The maximum absolute atomic E-state index is 11.9. The number of carboxylic acid groups (broad SMARTS) is 1. The number of hydrogen-bond acceptors (Lipinski definition) is 5.